The molecule has 1 aromatic rings. The van der Waals surface area contributed by atoms with Crippen molar-refractivity contribution in [3.05, 3.63) is 27.8 Å². The van der Waals surface area contributed by atoms with E-state index in [1.807, 2.05) is 10.4 Å². The van der Waals surface area contributed by atoms with E-state index in [4.69, 9.17) is 10.9 Å². The van der Waals surface area contributed by atoms with Crippen molar-refractivity contribution in [2.24, 2.45) is 5.73 Å². The number of carbonyl (C=O) groups excluding carboxylic acids is 1. The Labute approximate surface area is 95.7 Å². The lowest BCUT2D eigenvalue weighted by Gasteiger charge is -2.11. The number of nitrogens with two attached hydrogens (primary N) is 1. The molecule has 8 heteroatoms. The van der Waals surface area contributed by atoms with E-state index < -0.39 is 16.5 Å². The molecular weight excluding hydrogens is 228 g/mol. The number of nitro groups is 1. The largest absolute Gasteiger partial charge is 0.366 e. The number of benzene rings is 1. The van der Waals surface area contributed by atoms with E-state index >= 15 is 0 Å². The standard InChI is InChI=1S/C9H10N4O4/c10-9(14)5-3-8(12-1-2-12)6(11-15)4-7(5)13(16)17/h3-4,11,15H,1-2H2,(H2,10,14). The Morgan fingerprint density at radius 1 is 1.53 bits per heavy atom. The van der Waals surface area contributed by atoms with Gasteiger partial charge in [-0.25, -0.2) is 0 Å². The van der Waals surface area contributed by atoms with Gasteiger partial charge in [0, 0.05) is 19.2 Å². The van der Waals surface area contributed by atoms with Crippen LogP contribution in [0.15, 0.2) is 12.1 Å². The summed E-state index contributed by atoms with van der Waals surface area (Å²) >= 11 is 0. The van der Waals surface area contributed by atoms with E-state index in [1.165, 1.54) is 6.07 Å². The number of amides is 1. The van der Waals surface area contributed by atoms with Crippen molar-refractivity contribution in [3.63, 3.8) is 0 Å². The Bertz CT molecular complexity index is 498. The third-order valence-electron chi connectivity index (χ3n) is 2.48. The van der Waals surface area contributed by atoms with Crippen LogP contribution in [0.1, 0.15) is 10.4 Å². The molecule has 1 fully saturated rings. The van der Waals surface area contributed by atoms with Crippen molar-refractivity contribution in [3.8, 4) is 0 Å². The molecule has 0 unspecified atom stereocenters. The summed E-state index contributed by atoms with van der Waals surface area (Å²) in [4.78, 5) is 23.0. The topological polar surface area (TPSA) is 122 Å². The molecule has 1 aliphatic rings. The van der Waals surface area contributed by atoms with Gasteiger partial charge in [-0.15, -0.1) is 0 Å². The Morgan fingerprint density at radius 2 is 2.18 bits per heavy atom. The van der Waals surface area contributed by atoms with Crippen LogP contribution >= 0.6 is 0 Å². The highest BCUT2D eigenvalue weighted by molar-refractivity contribution is 5.99. The van der Waals surface area contributed by atoms with Crippen LogP contribution in [-0.2, 0) is 0 Å². The summed E-state index contributed by atoms with van der Waals surface area (Å²) in [7, 11) is 0. The zero-order valence-corrected chi connectivity index (χ0v) is 8.71. The summed E-state index contributed by atoms with van der Waals surface area (Å²) in [6, 6.07) is 2.40. The van der Waals surface area contributed by atoms with E-state index in [1.54, 1.807) is 0 Å². The zero-order chi connectivity index (χ0) is 12.6. The Morgan fingerprint density at radius 3 is 2.59 bits per heavy atom. The van der Waals surface area contributed by atoms with E-state index in [0.717, 1.165) is 19.2 Å². The van der Waals surface area contributed by atoms with Gasteiger partial charge in [0.1, 0.15) is 5.56 Å². The van der Waals surface area contributed by atoms with Crippen molar-refractivity contribution in [2.75, 3.05) is 23.5 Å². The molecule has 1 heterocycles. The number of nitrogens with zero attached hydrogens (tertiary/aromatic N) is 2. The van der Waals surface area contributed by atoms with Gasteiger partial charge in [0.2, 0.25) is 0 Å². The SMILES string of the molecule is NC(=O)c1cc(N2CC2)c(NO)cc1[N+](=O)[O-]. The first kappa shape index (κ1) is 11.1. The summed E-state index contributed by atoms with van der Waals surface area (Å²) in [5.41, 5.74) is 7.07. The maximum Gasteiger partial charge on any atom is 0.284 e. The fourth-order valence-electron chi connectivity index (χ4n) is 1.57. The number of anilines is 2. The maximum atomic E-state index is 11.1. The number of hydrogen-bond acceptors (Lipinski definition) is 6. The van der Waals surface area contributed by atoms with E-state index in [-0.39, 0.29) is 11.3 Å². The number of carbonyl (C=O) groups is 1. The minimum Gasteiger partial charge on any atom is -0.366 e. The minimum atomic E-state index is -0.871. The fraction of sp³-hybridized carbons (Fsp3) is 0.222. The molecule has 1 amide bonds. The van der Waals surface area contributed by atoms with Crippen molar-refractivity contribution < 1.29 is 14.9 Å². The van der Waals surface area contributed by atoms with Crippen molar-refractivity contribution >= 4 is 23.0 Å². The van der Waals surface area contributed by atoms with Crippen LogP contribution < -0.4 is 16.1 Å². The number of nitrogens with one attached hydrogen (secondary N) is 1. The van der Waals surface area contributed by atoms with Gasteiger partial charge in [-0.05, 0) is 6.07 Å². The molecule has 0 radical (unpaired) electrons. The minimum absolute atomic E-state index is 0.170. The van der Waals surface area contributed by atoms with E-state index in [0.29, 0.717) is 5.69 Å². The van der Waals surface area contributed by atoms with Gasteiger partial charge < -0.3 is 10.6 Å². The predicted octanol–water partition coefficient (Wildman–Crippen LogP) is 0.315. The molecule has 1 saturated heterocycles. The number of rotatable bonds is 4. The second-order valence-corrected chi connectivity index (χ2v) is 3.61. The highest BCUT2D eigenvalue weighted by Gasteiger charge is 2.27. The summed E-state index contributed by atoms with van der Waals surface area (Å²) in [6.07, 6.45) is 0. The van der Waals surface area contributed by atoms with Gasteiger partial charge in [-0.1, -0.05) is 0 Å². The second-order valence-electron chi connectivity index (χ2n) is 3.61. The summed E-state index contributed by atoms with van der Waals surface area (Å²) in [5.74, 6) is -0.871. The van der Waals surface area contributed by atoms with Gasteiger partial charge >= 0.3 is 0 Å². The van der Waals surface area contributed by atoms with Gasteiger partial charge in [0.15, 0.2) is 0 Å². The van der Waals surface area contributed by atoms with Crippen LogP contribution in [-0.4, -0.2) is 29.1 Å². The molecule has 0 bridgehead atoms. The molecule has 17 heavy (non-hydrogen) atoms. The molecule has 0 aromatic heterocycles. The summed E-state index contributed by atoms with van der Waals surface area (Å²) < 4.78 is 0. The molecule has 0 saturated carbocycles. The van der Waals surface area contributed by atoms with E-state index in [9.17, 15) is 14.9 Å². The van der Waals surface area contributed by atoms with Crippen molar-refractivity contribution in [1.29, 1.82) is 0 Å². The highest BCUT2D eigenvalue weighted by atomic mass is 16.6. The fourth-order valence-corrected chi connectivity index (χ4v) is 1.57. The molecule has 8 nitrogen and oxygen atoms in total. The summed E-state index contributed by atoms with van der Waals surface area (Å²) in [5, 5.41) is 19.7. The van der Waals surface area contributed by atoms with Crippen molar-refractivity contribution in [1.82, 2.24) is 0 Å². The average Bonchev–Trinajstić information content (AvgIpc) is 3.10. The van der Waals surface area contributed by atoms with Crippen LogP contribution in [0.3, 0.4) is 0 Å². The molecule has 0 atom stereocenters. The molecular formula is C9H10N4O4. The van der Waals surface area contributed by atoms with Gasteiger partial charge in [-0.3, -0.25) is 25.6 Å². The van der Waals surface area contributed by atoms with Crippen LogP contribution in [0.4, 0.5) is 17.1 Å². The van der Waals surface area contributed by atoms with E-state index in [2.05, 4.69) is 0 Å². The van der Waals surface area contributed by atoms with Crippen LogP contribution in [0.25, 0.3) is 0 Å². The first-order valence-corrected chi connectivity index (χ1v) is 4.82. The molecule has 1 aliphatic heterocycles. The predicted molar refractivity (Wildman–Crippen MR) is 59.2 cm³/mol. The number of primary amides is 1. The Balaban J connectivity index is 2.60. The zero-order valence-electron chi connectivity index (χ0n) is 8.71. The van der Waals surface area contributed by atoms with Crippen LogP contribution in [0.5, 0.6) is 0 Å². The third kappa shape index (κ3) is 1.97. The molecule has 0 spiro atoms. The number of nitro benzene ring substituents is 1. The number of hydrogen-bond donors (Lipinski definition) is 3. The Kier molecular flexibility index (Phi) is 2.56. The summed E-state index contributed by atoms with van der Waals surface area (Å²) in [6.45, 7) is 1.54. The van der Waals surface area contributed by atoms with Gasteiger partial charge in [0.05, 0.1) is 16.3 Å². The quantitative estimate of drug-likeness (QED) is 0.394. The lowest BCUT2D eigenvalue weighted by molar-refractivity contribution is -0.385. The molecule has 1 aromatic carbocycles. The Hall–Kier alpha value is -2.35. The third-order valence-corrected chi connectivity index (χ3v) is 2.48. The average molecular weight is 238 g/mol. The highest BCUT2D eigenvalue weighted by Crippen LogP contribution is 2.35. The second kappa shape index (κ2) is 3.91. The van der Waals surface area contributed by atoms with Crippen molar-refractivity contribution in [2.45, 2.75) is 0 Å². The van der Waals surface area contributed by atoms with Crippen LogP contribution in [0, 0.1) is 10.1 Å². The normalized spacial score (nSPS) is 13.4. The first-order valence-electron chi connectivity index (χ1n) is 4.82. The maximum absolute atomic E-state index is 11.1. The molecule has 0 aliphatic carbocycles. The monoisotopic (exact) mass is 238 g/mol. The lowest BCUT2D eigenvalue weighted by Crippen LogP contribution is -2.14. The lowest BCUT2D eigenvalue weighted by atomic mass is 10.1. The van der Waals surface area contributed by atoms with Gasteiger partial charge in [-0.2, -0.15) is 0 Å². The first-order chi connectivity index (χ1) is 8.04. The smallest absolute Gasteiger partial charge is 0.284 e. The molecule has 2 rings (SSSR count). The van der Waals surface area contributed by atoms with Crippen LogP contribution in [0.2, 0.25) is 0 Å². The van der Waals surface area contributed by atoms with Gasteiger partial charge in [0.25, 0.3) is 11.6 Å². The molecule has 4 N–H and O–H groups in total. The molecule has 90 valence electrons.